The fraction of sp³-hybridized carbons (Fsp3) is 0.360. The highest BCUT2D eigenvalue weighted by Crippen LogP contribution is 2.31. The van der Waals surface area contributed by atoms with E-state index in [9.17, 15) is 9.59 Å². The number of aromatic nitrogens is 1. The number of fused-ring (bicyclic) bond motifs is 2. The van der Waals surface area contributed by atoms with Crippen LogP contribution in [0.1, 0.15) is 70.0 Å². The summed E-state index contributed by atoms with van der Waals surface area (Å²) in [6.07, 6.45) is 5.58. The summed E-state index contributed by atoms with van der Waals surface area (Å²) in [5.41, 5.74) is 6.16. The third-order valence-electron chi connectivity index (χ3n) is 6.29. The van der Waals surface area contributed by atoms with Crippen molar-refractivity contribution >= 4 is 28.4 Å². The third-order valence-corrected chi connectivity index (χ3v) is 6.29. The van der Waals surface area contributed by atoms with Crippen molar-refractivity contribution in [3.05, 3.63) is 64.7 Å². The lowest BCUT2D eigenvalue weighted by atomic mass is 9.93. The monoisotopic (exact) mass is 430 g/mol. The van der Waals surface area contributed by atoms with Gasteiger partial charge in [-0.05, 0) is 51.2 Å². The summed E-state index contributed by atoms with van der Waals surface area (Å²) in [7, 11) is 0. The second-order valence-electron chi connectivity index (χ2n) is 8.45. The molecule has 1 N–H and O–H groups in total. The van der Waals surface area contributed by atoms with Crippen LogP contribution in [0.3, 0.4) is 0 Å². The molecule has 7 nitrogen and oxygen atoms in total. The Morgan fingerprint density at radius 3 is 2.69 bits per heavy atom. The first-order valence-corrected chi connectivity index (χ1v) is 11.3. The maximum absolute atomic E-state index is 13.0. The molecule has 1 aliphatic carbocycles. The summed E-state index contributed by atoms with van der Waals surface area (Å²) in [5.74, 6) is 0.793. The van der Waals surface area contributed by atoms with Crippen molar-refractivity contribution in [2.75, 3.05) is 13.1 Å². The Bertz CT molecular complexity index is 1220. The van der Waals surface area contributed by atoms with Crippen molar-refractivity contribution in [3.63, 3.8) is 0 Å². The van der Waals surface area contributed by atoms with Gasteiger partial charge in [0.05, 0.1) is 11.2 Å². The number of para-hydroxylation sites is 1. The van der Waals surface area contributed by atoms with E-state index in [0.717, 1.165) is 78.7 Å². The largest absolute Gasteiger partial charge is 0.455 e. The van der Waals surface area contributed by atoms with Crippen molar-refractivity contribution in [3.8, 4) is 0 Å². The molecule has 164 valence electrons. The first kappa shape index (κ1) is 20.4. The molecule has 3 heterocycles. The second-order valence-corrected chi connectivity index (χ2v) is 8.45. The Balaban J connectivity index is 1.38. The van der Waals surface area contributed by atoms with Gasteiger partial charge in [0.25, 0.3) is 11.8 Å². The molecule has 0 bridgehead atoms. The van der Waals surface area contributed by atoms with Gasteiger partial charge in [0, 0.05) is 36.0 Å². The normalized spacial score (nSPS) is 17.4. The van der Waals surface area contributed by atoms with Crippen molar-refractivity contribution in [1.29, 1.82) is 0 Å². The van der Waals surface area contributed by atoms with Crippen LogP contribution < -0.4 is 5.43 Å². The van der Waals surface area contributed by atoms with E-state index in [2.05, 4.69) is 15.5 Å². The number of benzene rings is 1. The molecule has 5 rings (SSSR count). The van der Waals surface area contributed by atoms with Crippen LogP contribution in [0.2, 0.25) is 0 Å². The summed E-state index contributed by atoms with van der Waals surface area (Å²) in [4.78, 5) is 32.0. The number of rotatable bonds is 3. The highest BCUT2D eigenvalue weighted by molar-refractivity contribution is 6.07. The number of nitrogens with zero attached hydrogens (tertiary/aromatic N) is 3. The number of furan rings is 1. The maximum Gasteiger partial charge on any atom is 0.289 e. The summed E-state index contributed by atoms with van der Waals surface area (Å²) >= 11 is 0. The first-order valence-electron chi connectivity index (χ1n) is 11.3. The minimum Gasteiger partial charge on any atom is -0.455 e. The van der Waals surface area contributed by atoms with Crippen molar-refractivity contribution in [2.45, 2.75) is 45.4 Å². The van der Waals surface area contributed by atoms with Crippen LogP contribution in [0.25, 0.3) is 10.9 Å². The molecule has 1 fully saturated rings. The second kappa shape index (κ2) is 8.57. The Morgan fingerprint density at radius 1 is 1.03 bits per heavy atom. The Hall–Kier alpha value is -3.48. The molecule has 1 saturated heterocycles. The van der Waals surface area contributed by atoms with Crippen LogP contribution in [0.15, 0.2) is 45.9 Å². The molecule has 2 amide bonds. The van der Waals surface area contributed by atoms with E-state index in [1.165, 1.54) is 6.42 Å². The standard InChI is InChI=1S/C25H26N4O3/c1-16-22-19(27-28-24(30)20-13-12-17-8-3-4-9-18(17)26-20)10-7-11-21(22)32-23(16)25(31)29-14-5-2-6-15-29/h3-4,8-9,12-13H,2,5-7,10-11,14-15H2,1H3,(H,28,30)/b27-19+. The van der Waals surface area contributed by atoms with E-state index in [1.807, 2.05) is 42.2 Å². The number of carbonyl (C=O) groups excluding carboxylic acids is 2. The van der Waals surface area contributed by atoms with Gasteiger partial charge < -0.3 is 9.32 Å². The molecule has 1 aromatic carbocycles. The smallest absolute Gasteiger partial charge is 0.289 e. The van der Waals surface area contributed by atoms with E-state index in [4.69, 9.17) is 4.42 Å². The average Bonchev–Trinajstić information content (AvgIpc) is 3.19. The predicted octanol–water partition coefficient (Wildman–Crippen LogP) is 4.23. The van der Waals surface area contributed by atoms with Crippen LogP contribution in [-0.2, 0) is 6.42 Å². The summed E-state index contributed by atoms with van der Waals surface area (Å²) in [6.45, 7) is 3.46. The Morgan fingerprint density at radius 2 is 1.84 bits per heavy atom. The number of hydrogen-bond donors (Lipinski definition) is 1. The van der Waals surface area contributed by atoms with Crippen LogP contribution in [0, 0.1) is 6.92 Å². The van der Waals surface area contributed by atoms with Crippen molar-refractivity contribution in [2.24, 2.45) is 5.10 Å². The number of amides is 2. The fourth-order valence-electron chi connectivity index (χ4n) is 4.59. The molecule has 0 saturated carbocycles. The topological polar surface area (TPSA) is 87.8 Å². The molecule has 0 atom stereocenters. The SMILES string of the molecule is Cc1c(C(=O)N2CCCCC2)oc2c1/C(=N/NC(=O)c1ccc3ccccc3n1)CCC2. The minimum atomic E-state index is -0.360. The van der Waals surface area contributed by atoms with Crippen LogP contribution in [0.4, 0.5) is 0 Å². The number of piperidine rings is 1. The summed E-state index contributed by atoms with van der Waals surface area (Å²) < 4.78 is 6.02. The van der Waals surface area contributed by atoms with Gasteiger partial charge in [0.15, 0.2) is 5.76 Å². The van der Waals surface area contributed by atoms with E-state index >= 15 is 0 Å². The molecule has 0 unspecified atom stereocenters. The lowest BCUT2D eigenvalue weighted by molar-refractivity contribution is 0.0689. The van der Waals surface area contributed by atoms with Gasteiger partial charge in [0.1, 0.15) is 11.5 Å². The number of aryl methyl sites for hydroxylation is 1. The maximum atomic E-state index is 13.0. The number of hydrogen-bond acceptors (Lipinski definition) is 5. The van der Waals surface area contributed by atoms with Crippen molar-refractivity contribution < 1.29 is 14.0 Å². The van der Waals surface area contributed by atoms with Gasteiger partial charge in [-0.1, -0.05) is 24.3 Å². The lowest BCUT2D eigenvalue weighted by Gasteiger charge is -2.25. The van der Waals surface area contributed by atoms with Gasteiger partial charge in [-0.2, -0.15) is 5.10 Å². The molecule has 1 aliphatic heterocycles. The van der Waals surface area contributed by atoms with Gasteiger partial charge in [0.2, 0.25) is 0 Å². The van der Waals surface area contributed by atoms with Crippen LogP contribution in [-0.4, -0.2) is 40.5 Å². The van der Waals surface area contributed by atoms with Gasteiger partial charge in [-0.25, -0.2) is 10.4 Å². The Kier molecular flexibility index (Phi) is 5.47. The number of hydrazone groups is 1. The number of nitrogens with one attached hydrogen (secondary N) is 1. The molecular formula is C25H26N4O3. The van der Waals surface area contributed by atoms with Crippen LogP contribution in [0.5, 0.6) is 0 Å². The lowest BCUT2D eigenvalue weighted by Crippen LogP contribution is -2.35. The molecule has 2 aromatic heterocycles. The number of likely N-dealkylation sites (tertiary alicyclic amines) is 1. The van der Waals surface area contributed by atoms with Crippen molar-refractivity contribution in [1.82, 2.24) is 15.3 Å². The molecule has 32 heavy (non-hydrogen) atoms. The molecule has 3 aromatic rings. The number of carbonyl (C=O) groups is 2. The van der Waals surface area contributed by atoms with Gasteiger partial charge in [-0.3, -0.25) is 9.59 Å². The van der Waals surface area contributed by atoms with E-state index in [1.54, 1.807) is 6.07 Å². The number of pyridine rings is 1. The molecule has 2 aliphatic rings. The predicted molar refractivity (Wildman–Crippen MR) is 122 cm³/mol. The zero-order valence-corrected chi connectivity index (χ0v) is 18.2. The molecule has 0 spiro atoms. The molecule has 7 heteroatoms. The Labute approximate surface area is 186 Å². The van der Waals surface area contributed by atoms with Crippen LogP contribution >= 0.6 is 0 Å². The fourth-order valence-corrected chi connectivity index (χ4v) is 4.59. The summed E-state index contributed by atoms with van der Waals surface area (Å²) in [5, 5.41) is 5.40. The zero-order valence-electron chi connectivity index (χ0n) is 18.2. The first-order chi connectivity index (χ1) is 15.6. The third kappa shape index (κ3) is 3.79. The molecule has 0 radical (unpaired) electrons. The highest BCUT2D eigenvalue weighted by Gasteiger charge is 2.30. The van der Waals surface area contributed by atoms with E-state index < -0.39 is 0 Å². The van der Waals surface area contributed by atoms with Gasteiger partial charge in [-0.15, -0.1) is 0 Å². The van der Waals surface area contributed by atoms with Gasteiger partial charge >= 0.3 is 0 Å². The zero-order chi connectivity index (χ0) is 22.1. The van der Waals surface area contributed by atoms with E-state index in [0.29, 0.717) is 11.5 Å². The minimum absolute atomic E-state index is 0.0413. The quantitative estimate of drug-likeness (QED) is 0.630. The average molecular weight is 431 g/mol. The highest BCUT2D eigenvalue weighted by atomic mass is 16.4. The summed E-state index contributed by atoms with van der Waals surface area (Å²) in [6, 6.07) is 11.2. The van der Waals surface area contributed by atoms with E-state index in [-0.39, 0.29) is 11.8 Å². The molecular weight excluding hydrogens is 404 g/mol.